The molecule has 0 radical (unpaired) electrons. The molecule has 0 aliphatic heterocycles. The van der Waals surface area contributed by atoms with E-state index in [1.165, 1.54) is 11.1 Å². The van der Waals surface area contributed by atoms with Crippen LogP contribution in [0.2, 0.25) is 0 Å². The highest BCUT2D eigenvalue weighted by Gasteiger charge is 2.07. The first-order valence-electron chi connectivity index (χ1n) is 7.44. The van der Waals surface area contributed by atoms with Crippen LogP contribution in [-0.2, 0) is 6.54 Å². The van der Waals surface area contributed by atoms with Crippen LogP contribution in [0, 0.1) is 13.8 Å². The molecule has 21 heavy (non-hydrogen) atoms. The van der Waals surface area contributed by atoms with Gasteiger partial charge in [-0.2, -0.15) is 0 Å². The number of hydrogen-bond acceptors (Lipinski definition) is 4. The van der Waals surface area contributed by atoms with E-state index >= 15 is 0 Å². The average Bonchev–Trinajstić information content (AvgIpc) is 2.47. The molecule has 0 fully saturated rings. The van der Waals surface area contributed by atoms with Gasteiger partial charge in [0.2, 0.25) is 0 Å². The third-order valence-electron chi connectivity index (χ3n) is 3.31. The van der Waals surface area contributed by atoms with Crippen LogP contribution in [-0.4, -0.2) is 23.6 Å². The molecule has 2 aromatic rings. The largest absolute Gasteiger partial charge is 0.370 e. The second-order valence-corrected chi connectivity index (χ2v) is 5.43. The van der Waals surface area contributed by atoms with Gasteiger partial charge in [-0.15, -0.1) is 0 Å². The second-order valence-electron chi connectivity index (χ2n) is 5.43. The van der Waals surface area contributed by atoms with Crippen molar-refractivity contribution in [2.45, 2.75) is 33.7 Å². The third-order valence-corrected chi connectivity index (χ3v) is 3.31. The molecule has 112 valence electrons. The maximum atomic E-state index is 4.53. The van der Waals surface area contributed by atoms with Gasteiger partial charge in [-0.3, -0.25) is 0 Å². The van der Waals surface area contributed by atoms with Crippen molar-refractivity contribution in [3.05, 3.63) is 47.3 Å². The Bertz CT molecular complexity index is 578. The van der Waals surface area contributed by atoms with E-state index in [9.17, 15) is 0 Å². The summed E-state index contributed by atoms with van der Waals surface area (Å²) in [5.74, 6) is 2.64. The molecular weight excluding hydrogens is 260 g/mol. The van der Waals surface area contributed by atoms with E-state index in [1.807, 2.05) is 13.0 Å². The van der Waals surface area contributed by atoms with Crippen molar-refractivity contribution in [3.8, 4) is 0 Å². The van der Waals surface area contributed by atoms with E-state index in [1.54, 1.807) is 0 Å². The minimum Gasteiger partial charge on any atom is -0.370 e. The molecule has 0 aliphatic rings. The highest BCUT2D eigenvalue weighted by Crippen LogP contribution is 2.17. The Balaban J connectivity index is 2.12. The molecule has 0 unspecified atom stereocenters. The molecule has 1 aromatic carbocycles. The van der Waals surface area contributed by atoms with E-state index in [-0.39, 0.29) is 0 Å². The van der Waals surface area contributed by atoms with Crippen molar-refractivity contribution in [1.82, 2.24) is 9.97 Å². The van der Waals surface area contributed by atoms with Gasteiger partial charge in [0.15, 0.2) is 0 Å². The highest BCUT2D eigenvalue weighted by atomic mass is 15.2. The minimum absolute atomic E-state index is 0.793. The van der Waals surface area contributed by atoms with E-state index in [0.717, 1.165) is 37.0 Å². The fraction of sp³-hybridized carbons (Fsp3) is 0.412. The fourth-order valence-corrected chi connectivity index (χ4v) is 2.14. The topological polar surface area (TPSA) is 41.0 Å². The lowest BCUT2D eigenvalue weighted by molar-refractivity contribution is 0.875. The Labute approximate surface area is 127 Å². The lowest BCUT2D eigenvalue weighted by Crippen LogP contribution is -2.19. The molecule has 0 bridgehead atoms. The average molecular weight is 284 g/mol. The summed E-state index contributed by atoms with van der Waals surface area (Å²) in [5.41, 5.74) is 2.56. The molecule has 0 saturated carbocycles. The molecule has 1 N–H and O–H groups in total. The summed E-state index contributed by atoms with van der Waals surface area (Å²) in [4.78, 5) is 11.1. The molecule has 0 aliphatic carbocycles. The van der Waals surface area contributed by atoms with Crippen LogP contribution >= 0.6 is 0 Å². The van der Waals surface area contributed by atoms with E-state index in [0.29, 0.717) is 0 Å². The Kier molecular flexibility index (Phi) is 5.14. The first kappa shape index (κ1) is 15.3. The number of aryl methyl sites for hydroxylation is 2. The van der Waals surface area contributed by atoms with Crippen molar-refractivity contribution < 1.29 is 0 Å². The standard InChI is InChI=1S/C17H24N4/c1-5-10-18-16-11-17(20-14(3)19-16)21(4)12-15-8-6-13(2)7-9-15/h6-9,11H,5,10,12H2,1-4H3,(H,18,19,20). The predicted octanol–water partition coefficient (Wildman–Crippen LogP) is 3.55. The fourth-order valence-electron chi connectivity index (χ4n) is 2.14. The SMILES string of the molecule is CCCNc1cc(N(C)Cc2ccc(C)cc2)nc(C)n1. The number of nitrogens with zero attached hydrogens (tertiary/aromatic N) is 3. The number of hydrogen-bond donors (Lipinski definition) is 1. The van der Waals surface area contributed by atoms with Crippen LogP contribution in [0.15, 0.2) is 30.3 Å². The molecule has 1 heterocycles. The first-order valence-corrected chi connectivity index (χ1v) is 7.44. The van der Waals surface area contributed by atoms with Crippen molar-refractivity contribution in [2.75, 3.05) is 23.8 Å². The lowest BCUT2D eigenvalue weighted by atomic mass is 10.1. The summed E-state index contributed by atoms with van der Waals surface area (Å²) in [5, 5.41) is 3.32. The van der Waals surface area contributed by atoms with Gasteiger partial charge >= 0.3 is 0 Å². The second kappa shape index (κ2) is 7.07. The van der Waals surface area contributed by atoms with Crippen molar-refractivity contribution >= 4 is 11.6 Å². The van der Waals surface area contributed by atoms with Gasteiger partial charge in [0.25, 0.3) is 0 Å². The Morgan fingerprint density at radius 3 is 2.48 bits per heavy atom. The van der Waals surface area contributed by atoms with Gasteiger partial charge in [0.1, 0.15) is 17.5 Å². The monoisotopic (exact) mass is 284 g/mol. The zero-order valence-corrected chi connectivity index (χ0v) is 13.3. The number of aromatic nitrogens is 2. The summed E-state index contributed by atoms with van der Waals surface area (Å²) in [6.07, 6.45) is 1.08. The molecule has 0 spiro atoms. The van der Waals surface area contributed by atoms with Crippen LogP contribution < -0.4 is 10.2 Å². The maximum absolute atomic E-state index is 4.53. The van der Waals surface area contributed by atoms with Gasteiger partial charge in [0.05, 0.1) is 0 Å². The molecule has 4 nitrogen and oxygen atoms in total. The summed E-state index contributed by atoms with van der Waals surface area (Å²) in [7, 11) is 2.06. The first-order chi connectivity index (χ1) is 10.1. The molecule has 0 atom stereocenters. The van der Waals surface area contributed by atoms with Crippen LogP contribution in [0.1, 0.15) is 30.3 Å². The van der Waals surface area contributed by atoms with Crippen LogP contribution in [0.3, 0.4) is 0 Å². The van der Waals surface area contributed by atoms with Crippen LogP contribution in [0.4, 0.5) is 11.6 Å². The molecule has 4 heteroatoms. The van der Waals surface area contributed by atoms with Gasteiger partial charge in [0, 0.05) is 26.2 Å². The molecule has 0 amide bonds. The number of benzene rings is 1. The van der Waals surface area contributed by atoms with Crippen LogP contribution in [0.5, 0.6) is 0 Å². The molecule has 2 rings (SSSR count). The zero-order valence-electron chi connectivity index (χ0n) is 13.3. The van der Waals surface area contributed by atoms with Crippen molar-refractivity contribution in [3.63, 3.8) is 0 Å². The van der Waals surface area contributed by atoms with Gasteiger partial charge in [-0.25, -0.2) is 9.97 Å². The zero-order chi connectivity index (χ0) is 15.2. The van der Waals surface area contributed by atoms with Gasteiger partial charge in [-0.05, 0) is 25.8 Å². The quantitative estimate of drug-likeness (QED) is 0.880. The smallest absolute Gasteiger partial charge is 0.134 e. The minimum atomic E-state index is 0.793. The van der Waals surface area contributed by atoms with E-state index in [2.05, 4.69) is 65.3 Å². The number of nitrogens with one attached hydrogen (secondary N) is 1. The van der Waals surface area contributed by atoms with Gasteiger partial charge < -0.3 is 10.2 Å². The van der Waals surface area contributed by atoms with E-state index in [4.69, 9.17) is 0 Å². The van der Waals surface area contributed by atoms with Crippen molar-refractivity contribution in [2.24, 2.45) is 0 Å². The summed E-state index contributed by atoms with van der Waals surface area (Å²) in [6, 6.07) is 10.6. The maximum Gasteiger partial charge on any atom is 0.134 e. The Hall–Kier alpha value is -2.10. The van der Waals surface area contributed by atoms with Gasteiger partial charge in [-0.1, -0.05) is 36.8 Å². The Morgan fingerprint density at radius 2 is 1.81 bits per heavy atom. The third kappa shape index (κ3) is 4.45. The summed E-state index contributed by atoms with van der Waals surface area (Å²) in [6.45, 7) is 7.94. The molecule has 0 saturated heterocycles. The molecule has 1 aromatic heterocycles. The van der Waals surface area contributed by atoms with Crippen molar-refractivity contribution in [1.29, 1.82) is 0 Å². The predicted molar refractivity (Wildman–Crippen MR) is 88.8 cm³/mol. The number of anilines is 2. The summed E-state index contributed by atoms with van der Waals surface area (Å²) >= 11 is 0. The summed E-state index contributed by atoms with van der Waals surface area (Å²) < 4.78 is 0. The van der Waals surface area contributed by atoms with Crippen LogP contribution in [0.25, 0.3) is 0 Å². The normalized spacial score (nSPS) is 10.5. The Morgan fingerprint density at radius 1 is 1.10 bits per heavy atom. The molecular formula is C17H24N4. The number of rotatable bonds is 6. The van der Waals surface area contributed by atoms with E-state index < -0.39 is 0 Å². The lowest BCUT2D eigenvalue weighted by Gasteiger charge is -2.19. The highest BCUT2D eigenvalue weighted by molar-refractivity contribution is 5.49.